The van der Waals surface area contributed by atoms with E-state index in [0.717, 1.165) is 0 Å². The third-order valence-corrected chi connectivity index (χ3v) is 1.08. The molecule has 3 N–H and O–H groups in total. The van der Waals surface area contributed by atoms with Crippen molar-refractivity contribution in [3.8, 4) is 0 Å². The number of rotatable bonds is 5. The van der Waals surface area contributed by atoms with E-state index >= 15 is 0 Å². The predicted molar refractivity (Wildman–Crippen MR) is 36.6 cm³/mol. The van der Waals surface area contributed by atoms with Crippen molar-refractivity contribution in [2.75, 3.05) is 13.1 Å². The van der Waals surface area contributed by atoms with Crippen molar-refractivity contribution >= 4 is 0 Å². The summed E-state index contributed by atoms with van der Waals surface area (Å²) in [5, 5.41) is 19.7. The molecule has 0 amide bonds. The van der Waals surface area contributed by atoms with E-state index in [-0.39, 0.29) is 13.1 Å². The molecule has 0 saturated carbocycles. The lowest BCUT2D eigenvalue weighted by molar-refractivity contribution is -0.00437. The zero-order valence-corrected chi connectivity index (χ0v) is 6.30. The van der Waals surface area contributed by atoms with E-state index in [4.69, 9.17) is 10.2 Å². The standard InChI is InChI=1S/C6H13F2NO2/c1-4(10)2-9-3-5(11)6(7)8/h4-6,9-11H,2-3H2,1H3. The Hall–Kier alpha value is -0.260. The summed E-state index contributed by atoms with van der Waals surface area (Å²) < 4.78 is 23.2. The molecule has 0 aromatic carbocycles. The molecule has 0 radical (unpaired) electrons. The number of halogens is 2. The highest BCUT2D eigenvalue weighted by Gasteiger charge is 2.15. The van der Waals surface area contributed by atoms with Crippen molar-refractivity contribution in [1.29, 1.82) is 0 Å². The van der Waals surface area contributed by atoms with Crippen LogP contribution in [0.25, 0.3) is 0 Å². The predicted octanol–water partition coefficient (Wildman–Crippen LogP) is -0.417. The lowest BCUT2D eigenvalue weighted by Crippen LogP contribution is -2.35. The Bertz CT molecular complexity index is 101. The van der Waals surface area contributed by atoms with Gasteiger partial charge in [-0.25, -0.2) is 8.78 Å². The van der Waals surface area contributed by atoms with Crippen molar-refractivity contribution in [2.24, 2.45) is 0 Å². The van der Waals surface area contributed by atoms with Crippen LogP contribution in [-0.2, 0) is 0 Å². The van der Waals surface area contributed by atoms with Crippen molar-refractivity contribution in [3.05, 3.63) is 0 Å². The fraction of sp³-hybridized carbons (Fsp3) is 1.00. The Labute approximate surface area is 64.0 Å². The van der Waals surface area contributed by atoms with Gasteiger partial charge in [0.2, 0.25) is 0 Å². The molecule has 0 rings (SSSR count). The molecule has 0 bridgehead atoms. The molecule has 0 fully saturated rings. The molecule has 3 nitrogen and oxygen atoms in total. The Morgan fingerprint density at radius 2 is 1.82 bits per heavy atom. The Morgan fingerprint density at radius 1 is 1.27 bits per heavy atom. The van der Waals surface area contributed by atoms with Crippen LogP contribution in [0.5, 0.6) is 0 Å². The van der Waals surface area contributed by atoms with Gasteiger partial charge < -0.3 is 15.5 Å². The Morgan fingerprint density at radius 3 is 2.18 bits per heavy atom. The van der Waals surface area contributed by atoms with Gasteiger partial charge in [0, 0.05) is 13.1 Å². The van der Waals surface area contributed by atoms with Crippen molar-refractivity contribution in [3.63, 3.8) is 0 Å². The zero-order chi connectivity index (χ0) is 8.85. The van der Waals surface area contributed by atoms with E-state index in [1.807, 2.05) is 0 Å². The second kappa shape index (κ2) is 5.40. The molecule has 0 aliphatic carbocycles. The van der Waals surface area contributed by atoms with E-state index in [9.17, 15) is 8.78 Å². The molecule has 68 valence electrons. The molecular formula is C6H13F2NO2. The van der Waals surface area contributed by atoms with E-state index < -0.39 is 18.6 Å². The van der Waals surface area contributed by atoms with Gasteiger partial charge in [-0.05, 0) is 6.92 Å². The summed E-state index contributed by atoms with van der Waals surface area (Å²) in [5.41, 5.74) is 0. The summed E-state index contributed by atoms with van der Waals surface area (Å²) >= 11 is 0. The second-order valence-corrected chi connectivity index (χ2v) is 2.41. The highest BCUT2D eigenvalue weighted by molar-refractivity contribution is 4.62. The molecule has 0 heterocycles. The maximum Gasteiger partial charge on any atom is 0.265 e. The monoisotopic (exact) mass is 169 g/mol. The van der Waals surface area contributed by atoms with Gasteiger partial charge >= 0.3 is 0 Å². The maximum atomic E-state index is 11.6. The molecule has 0 saturated heterocycles. The average Bonchev–Trinajstić information content (AvgIpc) is 1.86. The number of hydrogen-bond acceptors (Lipinski definition) is 3. The molecular weight excluding hydrogens is 156 g/mol. The van der Waals surface area contributed by atoms with Crippen LogP contribution < -0.4 is 5.32 Å². The van der Waals surface area contributed by atoms with Gasteiger partial charge in [-0.15, -0.1) is 0 Å². The molecule has 5 heteroatoms. The smallest absolute Gasteiger partial charge is 0.265 e. The largest absolute Gasteiger partial charge is 0.392 e. The summed E-state index contributed by atoms with van der Waals surface area (Å²) in [6.07, 6.45) is -4.95. The fourth-order valence-electron chi connectivity index (χ4n) is 0.529. The molecule has 2 atom stereocenters. The number of aliphatic hydroxyl groups is 2. The van der Waals surface area contributed by atoms with Gasteiger partial charge in [-0.3, -0.25) is 0 Å². The molecule has 0 aliphatic heterocycles. The van der Waals surface area contributed by atoms with Crippen molar-refractivity contribution in [2.45, 2.75) is 25.6 Å². The van der Waals surface area contributed by atoms with Crippen LogP contribution in [0.2, 0.25) is 0 Å². The Balaban J connectivity index is 3.24. The SMILES string of the molecule is CC(O)CNCC(O)C(F)F. The van der Waals surface area contributed by atoms with Gasteiger partial charge in [0.1, 0.15) is 6.10 Å². The van der Waals surface area contributed by atoms with E-state index in [1.165, 1.54) is 6.92 Å². The summed E-state index contributed by atoms with van der Waals surface area (Å²) in [4.78, 5) is 0. The van der Waals surface area contributed by atoms with Gasteiger partial charge in [-0.1, -0.05) is 0 Å². The van der Waals surface area contributed by atoms with E-state index in [2.05, 4.69) is 5.32 Å². The number of hydrogen-bond donors (Lipinski definition) is 3. The van der Waals surface area contributed by atoms with Gasteiger partial charge in [0.15, 0.2) is 0 Å². The van der Waals surface area contributed by atoms with Crippen LogP contribution >= 0.6 is 0 Å². The Kier molecular flexibility index (Phi) is 5.27. The van der Waals surface area contributed by atoms with Crippen LogP contribution in [0.4, 0.5) is 8.78 Å². The van der Waals surface area contributed by atoms with E-state index in [1.54, 1.807) is 0 Å². The molecule has 2 unspecified atom stereocenters. The van der Waals surface area contributed by atoms with Crippen LogP contribution in [-0.4, -0.2) is 41.9 Å². The summed E-state index contributed by atoms with van der Waals surface area (Å²) in [6, 6.07) is 0. The summed E-state index contributed by atoms with van der Waals surface area (Å²) in [5.74, 6) is 0. The summed E-state index contributed by atoms with van der Waals surface area (Å²) in [7, 11) is 0. The van der Waals surface area contributed by atoms with Crippen LogP contribution in [0.15, 0.2) is 0 Å². The first-order chi connectivity index (χ1) is 5.04. The number of aliphatic hydroxyl groups excluding tert-OH is 2. The molecule has 0 spiro atoms. The van der Waals surface area contributed by atoms with Gasteiger partial charge in [0.05, 0.1) is 6.10 Å². The normalized spacial score (nSPS) is 16.9. The summed E-state index contributed by atoms with van der Waals surface area (Å²) in [6.45, 7) is 1.55. The molecule has 0 aromatic rings. The zero-order valence-electron chi connectivity index (χ0n) is 6.30. The number of alkyl halides is 2. The average molecular weight is 169 g/mol. The lowest BCUT2D eigenvalue weighted by Gasteiger charge is -2.11. The van der Waals surface area contributed by atoms with Crippen LogP contribution in [0.3, 0.4) is 0 Å². The first kappa shape index (κ1) is 10.7. The lowest BCUT2D eigenvalue weighted by atomic mass is 10.3. The number of nitrogens with one attached hydrogen (secondary N) is 1. The highest BCUT2D eigenvalue weighted by atomic mass is 19.3. The second-order valence-electron chi connectivity index (χ2n) is 2.41. The molecule has 11 heavy (non-hydrogen) atoms. The fourth-order valence-corrected chi connectivity index (χ4v) is 0.529. The third kappa shape index (κ3) is 6.15. The minimum Gasteiger partial charge on any atom is -0.392 e. The van der Waals surface area contributed by atoms with Crippen LogP contribution in [0, 0.1) is 0 Å². The van der Waals surface area contributed by atoms with Crippen LogP contribution in [0.1, 0.15) is 6.92 Å². The maximum absolute atomic E-state index is 11.6. The quantitative estimate of drug-likeness (QED) is 0.524. The molecule has 0 aromatic heterocycles. The highest BCUT2D eigenvalue weighted by Crippen LogP contribution is 1.98. The first-order valence-corrected chi connectivity index (χ1v) is 3.39. The minimum absolute atomic E-state index is 0.192. The van der Waals surface area contributed by atoms with E-state index in [0.29, 0.717) is 0 Å². The van der Waals surface area contributed by atoms with Crippen molar-refractivity contribution < 1.29 is 19.0 Å². The van der Waals surface area contributed by atoms with Crippen molar-refractivity contribution in [1.82, 2.24) is 5.32 Å². The first-order valence-electron chi connectivity index (χ1n) is 3.39. The third-order valence-electron chi connectivity index (χ3n) is 1.08. The molecule has 0 aliphatic rings. The minimum atomic E-state index is -2.73. The van der Waals surface area contributed by atoms with Gasteiger partial charge in [-0.2, -0.15) is 0 Å². The van der Waals surface area contributed by atoms with Gasteiger partial charge in [0.25, 0.3) is 6.43 Å². The topological polar surface area (TPSA) is 52.5 Å².